The molecular weight excluding hydrogens is 239 g/mol. The van der Waals surface area contributed by atoms with Gasteiger partial charge in [-0.3, -0.25) is 4.21 Å². The molecule has 1 aromatic carbocycles. The zero-order chi connectivity index (χ0) is 12.4. The number of para-hydroxylation sites is 1. The Hall–Kier alpha value is -0.940. The molecule has 0 aromatic heterocycles. The minimum atomic E-state index is -0.754. The molecule has 0 aliphatic carbocycles. The lowest BCUT2D eigenvalue weighted by molar-refractivity contribution is 0.610. The van der Waals surface area contributed by atoms with Gasteiger partial charge in [-0.15, -0.1) is 0 Å². The molecule has 2 N–H and O–H groups in total. The summed E-state index contributed by atoms with van der Waals surface area (Å²) in [7, 11) is -0.754. The lowest BCUT2D eigenvalue weighted by atomic mass is 10.1. The number of halogens is 1. The van der Waals surface area contributed by atoms with E-state index in [1.54, 1.807) is 6.07 Å². The number of nitrogens with zero attached hydrogens (tertiary/aromatic N) is 1. The monoisotopic (exact) mass is 256 g/mol. The number of rotatable bonds is 2. The maximum absolute atomic E-state index is 13.9. The molecule has 1 heterocycles. The summed E-state index contributed by atoms with van der Waals surface area (Å²) in [5, 5.41) is 0. The number of anilines is 1. The average molecular weight is 256 g/mol. The first-order chi connectivity index (χ1) is 8.09. The van der Waals surface area contributed by atoms with E-state index in [1.807, 2.05) is 17.9 Å². The van der Waals surface area contributed by atoms with Gasteiger partial charge in [-0.05, 0) is 18.6 Å². The van der Waals surface area contributed by atoms with E-state index in [9.17, 15) is 8.60 Å². The second-order valence-electron chi connectivity index (χ2n) is 4.30. The molecule has 1 fully saturated rings. The first kappa shape index (κ1) is 12.5. The second-order valence-corrected chi connectivity index (χ2v) is 6.00. The summed E-state index contributed by atoms with van der Waals surface area (Å²) < 4.78 is 25.2. The maximum atomic E-state index is 13.9. The Morgan fingerprint density at radius 2 is 2.06 bits per heavy atom. The van der Waals surface area contributed by atoms with E-state index in [0.717, 1.165) is 5.56 Å². The smallest absolute Gasteiger partial charge is 0.146 e. The van der Waals surface area contributed by atoms with Crippen molar-refractivity contribution in [3.05, 3.63) is 29.6 Å². The molecule has 1 aromatic rings. The van der Waals surface area contributed by atoms with Gasteiger partial charge in [0, 0.05) is 41.4 Å². The molecule has 1 saturated heterocycles. The second kappa shape index (κ2) is 5.14. The van der Waals surface area contributed by atoms with Crippen LogP contribution in [0.25, 0.3) is 0 Å². The van der Waals surface area contributed by atoms with Crippen LogP contribution in [0, 0.1) is 5.82 Å². The van der Waals surface area contributed by atoms with Crippen molar-refractivity contribution in [1.82, 2.24) is 0 Å². The molecule has 2 rings (SSSR count). The Morgan fingerprint density at radius 1 is 1.41 bits per heavy atom. The summed E-state index contributed by atoms with van der Waals surface area (Å²) in [5.74, 6) is 0.965. The van der Waals surface area contributed by atoms with E-state index >= 15 is 0 Å². The van der Waals surface area contributed by atoms with Crippen molar-refractivity contribution in [3.8, 4) is 0 Å². The van der Waals surface area contributed by atoms with Crippen LogP contribution in [-0.2, 0) is 10.8 Å². The fraction of sp³-hybridized carbons (Fsp3) is 0.500. The van der Waals surface area contributed by atoms with Crippen LogP contribution >= 0.6 is 0 Å². The Labute approximate surface area is 103 Å². The highest BCUT2D eigenvalue weighted by Gasteiger charge is 2.22. The third-order valence-corrected chi connectivity index (χ3v) is 4.28. The fourth-order valence-corrected chi connectivity index (χ4v) is 3.15. The highest BCUT2D eigenvalue weighted by Crippen LogP contribution is 2.29. The van der Waals surface area contributed by atoms with Crippen LogP contribution in [0.15, 0.2) is 18.2 Å². The number of nitrogens with two attached hydrogens (primary N) is 1. The van der Waals surface area contributed by atoms with Gasteiger partial charge in [-0.1, -0.05) is 12.1 Å². The first-order valence-corrected chi connectivity index (χ1v) is 7.22. The molecule has 94 valence electrons. The summed E-state index contributed by atoms with van der Waals surface area (Å²) in [5.41, 5.74) is 7.26. The van der Waals surface area contributed by atoms with Crippen molar-refractivity contribution in [2.45, 2.75) is 13.0 Å². The van der Waals surface area contributed by atoms with Gasteiger partial charge in [0.15, 0.2) is 0 Å². The Morgan fingerprint density at radius 3 is 2.65 bits per heavy atom. The third-order valence-electron chi connectivity index (χ3n) is 3.00. The predicted molar refractivity (Wildman–Crippen MR) is 69.1 cm³/mol. The van der Waals surface area contributed by atoms with E-state index in [4.69, 9.17) is 5.73 Å². The van der Waals surface area contributed by atoms with Gasteiger partial charge >= 0.3 is 0 Å². The maximum Gasteiger partial charge on any atom is 0.146 e. The van der Waals surface area contributed by atoms with E-state index in [0.29, 0.717) is 30.3 Å². The van der Waals surface area contributed by atoms with Crippen LogP contribution in [-0.4, -0.2) is 28.8 Å². The van der Waals surface area contributed by atoms with Gasteiger partial charge in [-0.2, -0.15) is 0 Å². The van der Waals surface area contributed by atoms with Crippen LogP contribution in [0.3, 0.4) is 0 Å². The van der Waals surface area contributed by atoms with E-state index < -0.39 is 10.8 Å². The number of benzene rings is 1. The molecule has 0 saturated carbocycles. The van der Waals surface area contributed by atoms with Crippen LogP contribution in [0.1, 0.15) is 18.5 Å². The van der Waals surface area contributed by atoms with Crippen molar-refractivity contribution in [3.63, 3.8) is 0 Å². The first-order valence-electron chi connectivity index (χ1n) is 5.73. The highest BCUT2D eigenvalue weighted by molar-refractivity contribution is 7.85. The SMILES string of the molecule is C[C@@H](N)c1cccc(F)c1N1CCS(=O)CC1. The van der Waals surface area contributed by atoms with Gasteiger partial charge in [0.05, 0.1) is 5.69 Å². The molecule has 17 heavy (non-hydrogen) atoms. The van der Waals surface area contributed by atoms with Crippen molar-refractivity contribution in [2.24, 2.45) is 5.73 Å². The van der Waals surface area contributed by atoms with Gasteiger partial charge < -0.3 is 10.6 Å². The summed E-state index contributed by atoms with van der Waals surface area (Å²) in [6, 6.07) is 4.79. The van der Waals surface area contributed by atoms with Crippen molar-refractivity contribution < 1.29 is 8.60 Å². The summed E-state index contributed by atoms with van der Waals surface area (Å²) in [6.07, 6.45) is 0. The normalized spacial score (nSPS) is 19.4. The summed E-state index contributed by atoms with van der Waals surface area (Å²) >= 11 is 0. The predicted octanol–water partition coefficient (Wildman–Crippen LogP) is 1.41. The minimum absolute atomic E-state index is 0.201. The van der Waals surface area contributed by atoms with Crippen LogP contribution in [0.4, 0.5) is 10.1 Å². The van der Waals surface area contributed by atoms with Gasteiger partial charge in [0.25, 0.3) is 0 Å². The lowest BCUT2D eigenvalue weighted by Crippen LogP contribution is -2.39. The lowest BCUT2D eigenvalue weighted by Gasteiger charge is -2.31. The molecule has 0 amide bonds. The Balaban J connectivity index is 2.33. The van der Waals surface area contributed by atoms with E-state index in [1.165, 1.54) is 6.07 Å². The summed E-state index contributed by atoms with van der Waals surface area (Å²) in [6.45, 7) is 3.11. The topological polar surface area (TPSA) is 46.3 Å². The Kier molecular flexibility index (Phi) is 3.79. The zero-order valence-electron chi connectivity index (χ0n) is 9.86. The van der Waals surface area contributed by atoms with Crippen molar-refractivity contribution in [2.75, 3.05) is 29.5 Å². The van der Waals surface area contributed by atoms with Gasteiger partial charge in [0.1, 0.15) is 5.82 Å². The van der Waals surface area contributed by atoms with Crippen molar-refractivity contribution in [1.29, 1.82) is 0 Å². The molecule has 0 unspecified atom stereocenters. The van der Waals surface area contributed by atoms with Crippen LogP contribution < -0.4 is 10.6 Å². The molecule has 1 aliphatic rings. The largest absolute Gasteiger partial charge is 0.367 e. The van der Waals surface area contributed by atoms with E-state index in [-0.39, 0.29) is 11.9 Å². The molecule has 0 spiro atoms. The molecule has 0 bridgehead atoms. The van der Waals surface area contributed by atoms with Crippen LogP contribution in [0.5, 0.6) is 0 Å². The fourth-order valence-electron chi connectivity index (χ4n) is 2.09. The molecular formula is C12H17FN2OS. The number of hydrogen-bond donors (Lipinski definition) is 1. The third kappa shape index (κ3) is 2.66. The molecule has 5 heteroatoms. The van der Waals surface area contributed by atoms with Gasteiger partial charge in [-0.25, -0.2) is 4.39 Å². The highest BCUT2D eigenvalue weighted by atomic mass is 32.2. The number of hydrogen-bond acceptors (Lipinski definition) is 3. The molecule has 0 radical (unpaired) electrons. The van der Waals surface area contributed by atoms with Crippen LogP contribution in [0.2, 0.25) is 0 Å². The zero-order valence-corrected chi connectivity index (χ0v) is 10.7. The molecule has 1 aliphatic heterocycles. The average Bonchev–Trinajstić information content (AvgIpc) is 2.30. The van der Waals surface area contributed by atoms with E-state index in [2.05, 4.69) is 0 Å². The quantitative estimate of drug-likeness (QED) is 0.870. The molecule has 3 nitrogen and oxygen atoms in total. The summed E-state index contributed by atoms with van der Waals surface area (Å²) in [4.78, 5) is 1.95. The minimum Gasteiger partial charge on any atom is -0.367 e. The van der Waals surface area contributed by atoms with Crippen molar-refractivity contribution >= 4 is 16.5 Å². The Bertz CT molecular complexity index is 427. The standard InChI is InChI=1S/C12H17FN2OS/c1-9(14)10-3-2-4-11(13)12(10)15-5-7-17(16)8-6-15/h2-4,9H,5-8,14H2,1H3/t9-/m1/s1. The molecule has 1 atom stereocenters. The van der Waals surface area contributed by atoms with Gasteiger partial charge in [0.2, 0.25) is 0 Å².